The highest BCUT2D eigenvalue weighted by atomic mass is 16.6. The summed E-state index contributed by atoms with van der Waals surface area (Å²) >= 11 is 0. The van der Waals surface area contributed by atoms with Gasteiger partial charge in [-0.25, -0.2) is 9.59 Å². The van der Waals surface area contributed by atoms with Gasteiger partial charge in [-0.3, -0.25) is 0 Å². The lowest BCUT2D eigenvalue weighted by molar-refractivity contribution is 0.0218. The molecule has 1 saturated heterocycles. The van der Waals surface area contributed by atoms with E-state index in [0.717, 1.165) is 5.69 Å². The highest BCUT2D eigenvalue weighted by Gasteiger charge is 2.30. The number of esters is 1. The predicted octanol–water partition coefficient (Wildman–Crippen LogP) is 2.79. The number of anilines is 1. The number of hydrogen-bond donors (Lipinski definition) is 0. The molecule has 0 unspecified atom stereocenters. The minimum absolute atomic E-state index is 0.0480. The first-order chi connectivity index (χ1) is 12.2. The van der Waals surface area contributed by atoms with Gasteiger partial charge in [0.25, 0.3) is 0 Å². The number of nitriles is 1. The average molecular weight is 359 g/mol. The van der Waals surface area contributed by atoms with Crippen LogP contribution in [0.1, 0.15) is 43.6 Å². The number of benzene rings is 1. The summed E-state index contributed by atoms with van der Waals surface area (Å²) in [6, 6.07) is 7.18. The van der Waals surface area contributed by atoms with Crippen molar-refractivity contribution < 1.29 is 19.1 Å². The van der Waals surface area contributed by atoms with Gasteiger partial charge in [0.15, 0.2) is 0 Å². The number of piperazine rings is 1. The summed E-state index contributed by atoms with van der Waals surface area (Å²) < 4.78 is 10.1. The van der Waals surface area contributed by atoms with Gasteiger partial charge in [-0.15, -0.1) is 0 Å². The lowest BCUT2D eigenvalue weighted by Gasteiger charge is -2.41. The van der Waals surface area contributed by atoms with E-state index in [4.69, 9.17) is 9.47 Å². The molecule has 0 radical (unpaired) electrons. The van der Waals surface area contributed by atoms with Gasteiger partial charge >= 0.3 is 12.1 Å². The Morgan fingerprint density at radius 2 is 1.96 bits per heavy atom. The molecule has 140 valence electrons. The van der Waals surface area contributed by atoms with Crippen molar-refractivity contribution in [3.05, 3.63) is 29.3 Å². The summed E-state index contributed by atoms with van der Waals surface area (Å²) in [5.41, 5.74) is 0.837. The Kier molecular flexibility index (Phi) is 5.76. The highest BCUT2D eigenvalue weighted by molar-refractivity contribution is 5.92. The molecule has 7 nitrogen and oxygen atoms in total. The zero-order valence-electron chi connectivity index (χ0n) is 15.9. The number of nitrogens with zero attached hydrogens (tertiary/aromatic N) is 3. The maximum absolute atomic E-state index is 12.2. The molecular weight excluding hydrogens is 334 g/mol. The van der Waals surface area contributed by atoms with Crippen molar-refractivity contribution in [2.24, 2.45) is 0 Å². The summed E-state index contributed by atoms with van der Waals surface area (Å²) in [4.78, 5) is 27.8. The Hall–Kier alpha value is -2.75. The van der Waals surface area contributed by atoms with E-state index in [-0.39, 0.29) is 23.3 Å². The van der Waals surface area contributed by atoms with E-state index in [1.54, 1.807) is 23.1 Å². The van der Waals surface area contributed by atoms with Gasteiger partial charge in [0.2, 0.25) is 0 Å². The topological polar surface area (TPSA) is 82.9 Å². The second-order valence-electron chi connectivity index (χ2n) is 7.30. The van der Waals surface area contributed by atoms with Crippen molar-refractivity contribution >= 4 is 17.7 Å². The molecule has 1 fully saturated rings. The molecule has 1 amide bonds. The molecule has 1 aliphatic heterocycles. The second-order valence-corrected chi connectivity index (χ2v) is 7.30. The lowest BCUT2D eigenvalue weighted by atomic mass is 10.1. The number of rotatable bonds is 2. The molecule has 0 spiro atoms. The third-order valence-electron chi connectivity index (χ3n) is 4.14. The average Bonchev–Trinajstić information content (AvgIpc) is 2.59. The van der Waals surface area contributed by atoms with Crippen LogP contribution >= 0.6 is 0 Å². The minimum Gasteiger partial charge on any atom is -0.465 e. The maximum Gasteiger partial charge on any atom is 0.410 e. The fourth-order valence-electron chi connectivity index (χ4n) is 2.92. The van der Waals surface area contributed by atoms with Crippen molar-refractivity contribution in [1.82, 2.24) is 4.90 Å². The number of carbonyl (C=O) groups excluding carboxylic acids is 2. The summed E-state index contributed by atoms with van der Waals surface area (Å²) in [7, 11) is 1.29. The first-order valence-corrected chi connectivity index (χ1v) is 8.53. The van der Waals surface area contributed by atoms with Gasteiger partial charge < -0.3 is 19.3 Å². The van der Waals surface area contributed by atoms with E-state index >= 15 is 0 Å². The van der Waals surface area contributed by atoms with Crippen molar-refractivity contribution in [3.63, 3.8) is 0 Å². The van der Waals surface area contributed by atoms with Crippen molar-refractivity contribution in [3.8, 4) is 6.07 Å². The van der Waals surface area contributed by atoms with Crippen molar-refractivity contribution in [2.75, 3.05) is 31.6 Å². The van der Waals surface area contributed by atoms with Gasteiger partial charge in [0, 0.05) is 31.4 Å². The molecule has 0 N–H and O–H groups in total. The standard InChI is InChI=1S/C19H25N3O4/c1-13-12-21(18(24)26-19(2,3)4)8-9-22(13)15-6-7-16(17(23)25-5)14(10-15)11-20/h6-7,10,13H,8-9,12H2,1-5H3/t13-/m0/s1. The Morgan fingerprint density at radius 1 is 1.27 bits per heavy atom. The zero-order chi connectivity index (χ0) is 19.5. The minimum atomic E-state index is -0.532. The number of ether oxygens (including phenoxy) is 2. The quantitative estimate of drug-likeness (QED) is 0.755. The second kappa shape index (κ2) is 7.65. The SMILES string of the molecule is COC(=O)c1ccc(N2CCN(C(=O)OC(C)(C)C)C[C@@H]2C)cc1C#N. The molecule has 0 aromatic heterocycles. The molecular formula is C19H25N3O4. The van der Waals surface area contributed by atoms with Gasteiger partial charge in [-0.2, -0.15) is 5.26 Å². The molecule has 0 aliphatic carbocycles. The van der Waals surface area contributed by atoms with Crippen LogP contribution in [-0.4, -0.2) is 55.3 Å². The molecule has 7 heteroatoms. The number of amides is 1. The van der Waals surface area contributed by atoms with Crippen LogP contribution in [0.25, 0.3) is 0 Å². The number of hydrogen-bond acceptors (Lipinski definition) is 6. The van der Waals surface area contributed by atoms with E-state index in [2.05, 4.69) is 4.90 Å². The van der Waals surface area contributed by atoms with E-state index in [0.29, 0.717) is 19.6 Å². The van der Waals surface area contributed by atoms with E-state index in [9.17, 15) is 14.9 Å². The fraction of sp³-hybridized carbons (Fsp3) is 0.526. The molecule has 0 saturated carbocycles. The monoisotopic (exact) mass is 359 g/mol. The molecule has 1 atom stereocenters. The molecule has 1 aromatic rings. The molecule has 1 heterocycles. The Labute approximate surface area is 154 Å². The highest BCUT2D eigenvalue weighted by Crippen LogP contribution is 2.25. The van der Waals surface area contributed by atoms with Crippen LogP contribution in [-0.2, 0) is 9.47 Å². The van der Waals surface area contributed by atoms with Gasteiger partial charge in [0.05, 0.1) is 18.2 Å². The van der Waals surface area contributed by atoms with Crippen LogP contribution in [0.4, 0.5) is 10.5 Å². The van der Waals surface area contributed by atoms with Gasteiger partial charge in [-0.05, 0) is 45.9 Å². The normalized spacial score (nSPS) is 17.5. The Morgan fingerprint density at radius 3 is 2.50 bits per heavy atom. The van der Waals surface area contributed by atoms with E-state index in [1.807, 2.05) is 33.8 Å². The van der Waals surface area contributed by atoms with Crippen LogP contribution < -0.4 is 4.90 Å². The van der Waals surface area contributed by atoms with Crippen LogP contribution in [0, 0.1) is 11.3 Å². The van der Waals surface area contributed by atoms with Crippen LogP contribution in [0.15, 0.2) is 18.2 Å². The molecule has 1 aromatic carbocycles. The van der Waals surface area contributed by atoms with Crippen LogP contribution in [0.5, 0.6) is 0 Å². The maximum atomic E-state index is 12.2. The van der Waals surface area contributed by atoms with Crippen molar-refractivity contribution in [2.45, 2.75) is 39.3 Å². The summed E-state index contributed by atoms with van der Waals surface area (Å²) in [5, 5.41) is 9.33. The molecule has 26 heavy (non-hydrogen) atoms. The number of carbonyl (C=O) groups is 2. The first-order valence-electron chi connectivity index (χ1n) is 8.53. The van der Waals surface area contributed by atoms with Crippen molar-refractivity contribution in [1.29, 1.82) is 5.26 Å². The van der Waals surface area contributed by atoms with E-state index < -0.39 is 11.6 Å². The molecule has 0 bridgehead atoms. The summed E-state index contributed by atoms with van der Waals surface area (Å²) in [5.74, 6) is -0.532. The zero-order valence-corrected chi connectivity index (χ0v) is 15.9. The van der Waals surface area contributed by atoms with Gasteiger partial charge in [0.1, 0.15) is 11.7 Å². The Balaban J connectivity index is 2.14. The van der Waals surface area contributed by atoms with Crippen LogP contribution in [0.2, 0.25) is 0 Å². The predicted molar refractivity (Wildman–Crippen MR) is 97.1 cm³/mol. The third kappa shape index (κ3) is 4.45. The summed E-state index contributed by atoms with van der Waals surface area (Å²) in [6.07, 6.45) is -0.317. The first kappa shape index (κ1) is 19.6. The summed E-state index contributed by atoms with van der Waals surface area (Å²) in [6.45, 7) is 9.21. The number of methoxy groups -OCH3 is 1. The fourth-order valence-corrected chi connectivity index (χ4v) is 2.92. The molecule has 2 rings (SSSR count). The Bertz CT molecular complexity index is 733. The van der Waals surface area contributed by atoms with E-state index in [1.165, 1.54) is 7.11 Å². The van der Waals surface area contributed by atoms with Crippen LogP contribution in [0.3, 0.4) is 0 Å². The molecule has 1 aliphatic rings. The van der Waals surface area contributed by atoms with Gasteiger partial charge in [-0.1, -0.05) is 0 Å². The largest absolute Gasteiger partial charge is 0.465 e. The smallest absolute Gasteiger partial charge is 0.410 e. The lowest BCUT2D eigenvalue weighted by Crippen LogP contribution is -2.54. The third-order valence-corrected chi connectivity index (χ3v) is 4.14.